The van der Waals surface area contributed by atoms with Crippen molar-refractivity contribution >= 4 is 17.3 Å². The number of methoxy groups -OCH3 is 1. The number of hydrogen-bond acceptors (Lipinski definition) is 4. The van der Waals surface area contributed by atoms with Crippen molar-refractivity contribution in [1.82, 2.24) is 15.5 Å². The van der Waals surface area contributed by atoms with Gasteiger partial charge >= 0.3 is 0 Å². The molecule has 0 radical (unpaired) electrons. The third kappa shape index (κ3) is 6.72. The first-order valence-electron chi connectivity index (χ1n) is 8.23. The highest BCUT2D eigenvalue weighted by Crippen LogP contribution is 2.17. The van der Waals surface area contributed by atoms with E-state index in [1.54, 1.807) is 7.11 Å². The summed E-state index contributed by atoms with van der Waals surface area (Å²) in [6.45, 7) is 6.60. The minimum atomic E-state index is 0.724. The van der Waals surface area contributed by atoms with Crippen molar-refractivity contribution in [2.24, 2.45) is 0 Å². The summed E-state index contributed by atoms with van der Waals surface area (Å²) in [5.41, 5.74) is 1.19. The van der Waals surface area contributed by atoms with Crippen molar-refractivity contribution in [3.63, 3.8) is 0 Å². The van der Waals surface area contributed by atoms with Gasteiger partial charge in [0, 0.05) is 26.2 Å². The van der Waals surface area contributed by atoms with Crippen molar-refractivity contribution in [1.29, 1.82) is 0 Å². The van der Waals surface area contributed by atoms with E-state index in [4.69, 9.17) is 21.7 Å². The smallest absolute Gasteiger partial charge is 0.166 e. The summed E-state index contributed by atoms with van der Waals surface area (Å²) in [5.74, 6) is 0.929. The van der Waals surface area contributed by atoms with E-state index in [0.29, 0.717) is 0 Å². The van der Waals surface area contributed by atoms with Gasteiger partial charge in [-0.25, -0.2) is 0 Å². The second kappa shape index (κ2) is 10.4. The molecule has 6 heteroatoms. The molecule has 1 aromatic carbocycles. The Labute approximate surface area is 144 Å². The lowest BCUT2D eigenvalue weighted by Gasteiger charge is -2.26. The molecule has 0 atom stereocenters. The number of morpholine rings is 1. The zero-order chi connectivity index (χ0) is 16.3. The standard InChI is InChI=1S/C17H27N3O2S/c1-21-16-6-3-2-5-15(16)7-9-19-17(23)18-8-4-10-20-11-13-22-14-12-20/h2-3,5-6H,4,7-14H2,1H3,(H2,18,19,23). The molecule has 1 aromatic rings. The van der Waals surface area contributed by atoms with Crippen LogP contribution < -0.4 is 15.4 Å². The summed E-state index contributed by atoms with van der Waals surface area (Å²) in [5, 5.41) is 7.24. The molecule has 0 amide bonds. The highest BCUT2D eigenvalue weighted by Gasteiger charge is 2.09. The minimum Gasteiger partial charge on any atom is -0.496 e. The van der Waals surface area contributed by atoms with Crippen molar-refractivity contribution in [3.05, 3.63) is 29.8 Å². The largest absolute Gasteiger partial charge is 0.496 e. The maximum Gasteiger partial charge on any atom is 0.166 e. The summed E-state index contributed by atoms with van der Waals surface area (Å²) >= 11 is 5.31. The topological polar surface area (TPSA) is 45.8 Å². The highest BCUT2D eigenvalue weighted by atomic mass is 32.1. The van der Waals surface area contributed by atoms with Gasteiger partial charge in [0.25, 0.3) is 0 Å². The van der Waals surface area contributed by atoms with Gasteiger partial charge in [-0.15, -0.1) is 0 Å². The molecule has 0 aliphatic carbocycles. The third-order valence-corrected chi connectivity index (χ3v) is 4.20. The van der Waals surface area contributed by atoms with Crippen LogP contribution in [-0.4, -0.2) is 63.1 Å². The summed E-state index contributed by atoms with van der Waals surface area (Å²) in [6, 6.07) is 8.08. The summed E-state index contributed by atoms with van der Waals surface area (Å²) in [4.78, 5) is 2.43. The Kier molecular flexibility index (Phi) is 8.14. The van der Waals surface area contributed by atoms with E-state index in [1.807, 2.05) is 18.2 Å². The molecule has 1 heterocycles. The molecule has 1 aliphatic heterocycles. The van der Waals surface area contributed by atoms with Crippen LogP contribution in [0.1, 0.15) is 12.0 Å². The molecule has 0 aromatic heterocycles. The summed E-state index contributed by atoms with van der Waals surface area (Å²) in [6.07, 6.45) is 1.98. The van der Waals surface area contributed by atoms with E-state index < -0.39 is 0 Å². The molecule has 0 saturated carbocycles. The molecule has 5 nitrogen and oxygen atoms in total. The Morgan fingerprint density at radius 1 is 1.22 bits per heavy atom. The molecular weight excluding hydrogens is 310 g/mol. The van der Waals surface area contributed by atoms with Crippen LogP contribution in [0, 0.1) is 0 Å². The number of rotatable bonds is 8. The molecule has 0 unspecified atom stereocenters. The van der Waals surface area contributed by atoms with E-state index in [2.05, 4.69) is 21.6 Å². The van der Waals surface area contributed by atoms with Gasteiger partial charge in [-0.2, -0.15) is 0 Å². The maximum atomic E-state index is 5.35. The maximum absolute atomic E-state index is 5.35. The van der Waals surface area contributed by atoms with Gasteiger partial charge in [0.05, 0.1) is 20.3 Å². The Balaban J connectivity index is 1.54. The zero-order valence-electron chi connectivity index (χ0n) is 13.8. The lowest BCUT2D eigenvalue weighted by Crippen LogP contribution is -2.40. The van der Waals surface area contributed by atoms with Crippen molar-refractivity contribution in [3.8, 4) is 5.75 Å². The first-order chi connectivity index (χ1) is 11.3. The van der Waals surface area contributed by atoms with E-state index in [9.17, 15) is 0 Å². The molecule has 1 saturated heterocycles. The lowest BCUT2D eigenvalue weighted by atomic mass is 10.1. The Bertz CT molecular complexity index is 479. The number of hydrogen-bond donors (Lipinski definition) is 2. The van der Waals surface area contributed by atoms with Gasteiger partial charge in [0.15, 0.2) is 5.11 Å². The predicted octanol–water partition coefficient (Wildman–Crippen LogP) is 1.42. The minimum absolute atomic E-state index is 0.724. The fourth-order valence-electron chi connectivity index (χ4n) is 2.61. The monoisotopic (exact) mass is 337 g/mol. The fraction of sp³-hybridized carbons (Fsp3) is 0.588. The van der Waals surface area contributed by atoms with Gasteiger partial charge < -0.3 is 20.1 Å². The molecule has 1 aliphatic rings. The lowest BCUT2D eigenvalue weighted by molar-refractivity contribution is 0.0376. The normalized spacial score (nSPS) is 15.2. The second-order valence-corrected chi connectivity index (χ2v) is 5.96. The number of thiocarbonyl (C=S) groups is 1. The average Bonchev–Trinajstić information content (AvgIpc) is 2.60. The summed E-state index contributed by atoms with van der Waals surface area (Å²) in [7, 11) is 1.70. The average molecular weight is 337 g/mol. The first-order valence-corrected chi connectivity index (χ1v) is 8.64. The molecule has 23 heavy (non-hydrogen) atoms. The molecule has 0 bridgehead atoms. The van der Waals surface area contributed by atoms with E-state index in [-0.39, 0.29) is 0 Å². The van der Waals surface area contributed by atoms with Gasteiger partial charge in [-0.05, 0) is 43.2 Å². The third-order valence-electron chi connectivity index (χ3n) is 3.91. The molecule has 2 N–H and O–H groups in total. The van der Waals surface area contributed by atoms with Gasteiger partial charge in [0.1, 0.15) is 5.75 Å². The van der Waals surface area contributed by atoms with Gasteiger partial charge in [-0.1, -0.05) is 18.2 Å². The van der Waals surface area contributed by atoms with E-state index >= 15 is 0 Å². The molecule has 2 rings (SSSR count). The number of ether oxygens (including phenoxy) is 2. The predicted molar refractivity (Wildman–Crippen MR) is 97.2 cm³/mol. The molecule has 128 valence electrons. The Morgan fingerprint density at radius 2 is 1.96 bits per heavy atom. The molecule has 0 spiro atoms. The van der Waals surface area contributed by atoms with Crippen LogP contribution in [-0.2, 0) is 11.2 Å². The highest BCUT2D eigenvalue weighted by molar-refractivity contribution is 7.80. The van der Waals surface area contributed by atoms with Crippen LogP contribution in [0.25, 0.3) is 0 Å². The number of nitrogens with one attached hydrogen (secondary N) is 2. The quantitative estimate of drug-likeness (QED) is 0.553. The van der Waals surface area contributed by atoms with Crippen molar-refractivity contribution in [2.45, 2.75) is 12.8 Å². The van der Waals surface area contributed by atoms with Crippen LogP contribution in [0.15, 0.2) is 24.3 Å². The van der Waals surface area contributed by atoms with Crippen molar-refractivity contribution < 1.29 is 9.47 Å². The first kappa shape index (κ1) is 18.0. The SMILES string of the molecule is COc1ccccc1CCNC(=S)NCCCN1CCOCC1. The number of benzene rings is 1. The molecule has 1 fully saturated rings. The zero-order valence-corrected chi connectivity index (χ0v) is 14.7. The van der Waals surface area contributed by atoms with E-state index in [1.165, 1.54) is 5.56 Å². The number of para-hydroxylation sites is 1. The van der Waals surface area contributed by atoms with E-state index in [0.717, 1.165) is 69.6 Å². The van der Waals surface area contributed by atoms with Gasteiger partial charge in [0.2, 0.25) is 0 Å². The van der Waals surface area contributed by atoms with Crippen LogP contribution in [0.2, 0.25) is 0 Å². The number of nitrogens with zero attached hydrogens (tertiary/aromatic N) is 1. The Hall–Kier alpha value is -1.37. The van der Waals surface area contributed by atoms with Crippen molar-refractivity contribution in [2.75, 3.05) is 53.0 Å². The Morgan fingerprint density at radius 3 is 2.74 bits per heavy atom. The van der Waals surface area contributed by atoms with Crippen LogP contribution in [0.5, 0.6) is 5.75 Å². The second-order valence-electron chi connectivity index (χ2n) is 5.55. The summed E-state index contributed by atoms with van der Waals surface area (Å²) < 4.78 is 10.7. The van der Waals surface area contributed by atoms with Gasteiger partial charge in [-0.3, -0.25) is 4.90 Å². The van der Waals surface area contributed by atoms with Crippen LogP contribution >= 0.6 is 12.2 Å². The fourth-order valence-corrected chi connectivity index (χ4v) is 2.82. The van der Waals surface area contributed by atoms with Crippen LogP contribution in [0.3, 0.4) is 0 Å². The van der Waals surface area contributed by atoms with Crippen LogP contribution in [0.4, 0.5) is 0 Å². The molecular formula is C17H27N3O2S.